The van der Waals surface area contributed by atoms with Gasteiger partial charge >= 0.3 is 0 Å². The molecule has 1 aliphatic rings. The highest BCUT2D eigenvalue weighted by Crippen LogP contribution is 2.19. The van der Waals surface area contributed by atoms with Crippen molar-refractivity contribution in [2.24, 2.45) is 0 Å². The third-order valence-electron chi connectivity index (χ3n) is 3.38. The fraction of sp³-hybridized carbons (Fsp3) is 0.600. The number of benzene rings is 1. The molecule has 0 spiro atoms. The van der Waals surface area contributed by atoms with Crippen LogP contribution in [-0.4, -0.2) is 46.0 Å². The Morgan fingerprint density at radius 3 is 3.11 bits per heavy atom. The Morgan fingerprint density at radius 2 is 2.37 bits per heavy atom. The largest absolute Gasteiger partial charge is 0.496 e. The van der Waals surface area contributed by atoms with Gasteiger partial charge < -0.3 is 20.1 Å². The minimum Gasteiger partial charge on any atom is -0.496 e. The predicted molar refractivity (Wildman–Crippen MR) is 76.9 cm³/mol. The summed E-state index contributed by atoms with van der Waals surface area (Å²) >= 11 is 0. The van der Waals surface area contributed by atoms with Crippen LogP contribution in [0.5, 0.6) is 5.75 Å². The molecule has 0 bridgehead atoms. The predicted octanol–water partition coefficient (Wildman–Crippen LogP) is 1.12. The summed E-state index contributed by atoms with van der Waals surface area (Å²) in [6.07, 6.45) is 1.28. The summed E-state index contributed by atoms with van der Waals surface area (Å²) in [5, 5.41) is 6.79. The quantitative estimate of drug-likeness (QED) is 0.756. The van der Waals surface area contributed by atoms with Crippen LogP contribution in [0.4, 0.5) is 0 Å². The smallest absolute Gasteiger partial charge is 0.122 e. The summed E-state index contributed by atoms with van der Waals surface area (Å²) in [6, 6.07) is 6.31. The van der Waals surface area contributed by atoms with Crippen molar-refractivity contribution in [2.45, 2.75) is 19.4 Å². The van der Waals surface area contributed by atoms with E-state index in [1.807, 2.05) is 6.07 Å². The van der Waals surface area contributed by atoms with Crippen molar-refractivity contribution in [1.82, 2.24) is 10.6 Å². The Hall–Kier alpha value is -1.10. The van der Waals surface area contributed by atoms with Gasteiger partial charge in [-0.25, -0.2) is 0 Å². The highest BCUT2D eigenvalue weighted by Gasteiger charge is 2.12. The molecule has 0 aliphatic carbocycles. The number of methoxy groups -OCH3 is 1. The highest BCUT2D eigenvalue weighted by atomic mass is 16.5. The van der Waals surface area contributed by atoms with E-state index in [1.54, 1.807) is 7.11 Å². The summed E-state index contributed by atoms with van der Waals surface area (Å²) in [4.78, 5) is 0. The molecule has 2 N–H and O–H groups in total. The molecular formula is C15H24N2O2. The Labute approximate surface area is 115 Å². The van der Waals surface area contributed by atoms with Crippen molar-refractivity contribution >= 4 is 0 Å². The minimum absolute atomic E-state index is 0.299. The van der Waals surface area contributed by atoms with Crippen LogP contribution in [0.2, 0.25) is 0 Å². The molecule has 2 rings (SSSR count). The van der Waals surface area contributed by atoms with Crippen molar-refractivity contribution in [3.63, 3.8) is 0 Å². The van der Waals surface area contributed by atoms with Gasteiger partial charge in [0.15, 0.2) is 0 Å². The van der Waals surface area contributed by atoms with E-state index in [4.69, 9.17) is 9.47 Å². The number of ether oxygens (including phenoxy) is 2. The molecule has 106 valence electrons. The summed E-state index contributed by atoms with van der Waals surface area (Å²) in [5.74, 6) is 0.975. The number of hydrogen-bond donors (Lipinski definition) is 2. The van der Waals surface area contributed by atoms with Crippen molar-refractivity contribution in [1.29, 1.82) is 0 Å². The first kappa shape index (κ1) is 14.3. The summed E-state index contributed by atoms with van der Waals surface area (Å²) in [5.41, 5.74) is 2.54. The molecule has 19 heavy (non-hydrogen) atoms. The summed E-state index contributed by atoms with van der Waals surface area (Å²) in [7, 11) is 1.73. The molecular weight excluding hydrogens is 240 g/mol. The molecule has 1 heterocycles. The van der Waals surface area contributed by atoms with Gasteiger partial charge in [-0.3, -0.25) is 0 Å². The molecule has 1 atom stereocenters. The topological polar surface area (TPSA) is 42.5 Å². The molecule has 4 nitrogen and oxygen atoms in total. The van der Waals surface area contributed by atoms with E-state index in [2.05, 4.69) is 29.7 Å². The molecule has 0 aromatic heterocycles. The van der Waals surface area contributed by atoms with Gasteiger partial charge in [-0.05, 0) is 31.5 Å². The molecule has 0 radical (unpaired) electrons. The Morgan fingerprint density at radius 1 is 1.47 bits per heavy atom. The minimum atomic E-state index is 0.299. The first-order valence-electron chi connectivity index (χ1n) is 6.96. The summed E-state index contributed by atoms with van der Waals surface area (Å²) < 4.78 is 11.0. The lowest BCUT2D eigenvalue weighted by Gasteiger charge is -2.23. The average molecular weight is 264 g/mol. The second kappa shape index (κ2) is 7.48. The molecule has 1 fully saturated rings. The van der Waals surface area contributed by atoms with Crippen LogP contribution in [0.3, 0.4) is 0 Å². The molecule has 0 amide bonds. The van der Waals surface area contributed by atoms with E-state index in [9.17, 15) is 0 Å². The second-order valence-electron chi connectivity index (χ2n) is 4.97. The molecule has 1 aromatic rings. The van der Waals surface area contributed by atoms with Crippen LogP contribution >= 0.6 is 0 Å². The molecule has 4 heteroatoms. The average Bonchev–Trinajstić information content (AvgIpc) is 2.45. The number of aryl methyl sites for hydroxylation is 1. The maximum Gasteiger partial charge on any atom is 0.122 e. The zero-order valence-corrected chi connectivity index (χ0v) is 11.9. The number of rotatable bonds is 6. The molecule has 0 saturated carbocycles. The Balaban J connectivity index is 1.74. The van der Waals surface area contributed by atoms with Crippen molar-refractivity contribution in [2.75, 3.05) is 39.9 Å². The third-order valence-corrected chi connectivity index (χ3v) is 3.38. The van der Waals surface area contributed by atoms with Gasteiger partial charge in [-0.1, -0.05) is 17.7 Å². The van der Waals surface area contributed by atoms with Crippen LogP contribution in [0.1, 0.15) is 11.1 Å². The monoisotopic (exact) mass is 264 g/mol. The van der Waals surface area contributed by atoms with Gasteiger partial charge in [0.25, 0.3) is 0 Å². The molecule has 1 aromatic carbocycles. The van der Waals surface area contributed by atoms with Crippen LogP contribution in [0.15, 0.2) is 18.2 Å². The lowest BCUT2D eigenvalue weighted by molar-refractivity contribution is 0.0294. The standard InChI is InChI=1S/C15H24N2O2/c1-12-3-4-15(18-2)13(9-12)5-6-16-10-14-11-17-7-8-19-14/h3-4,9,14,16-17H,5-8,10-11H2,1-2H3. The maximum absolute atomic E-state index is 5.64. The fourth-order valence-corrected chi connectivity index (χ4v) is 2.34. The van der Waals surface area contributed by atoms with Crippen LogP contribution in [0.25, 0.3) is 0 Å². The van der Waals surface area contributed by atoms with Gasteiger partial charge in [-0.2, -0.15) is 0 Å². The Bertz CT molecular complexity index is 390. The van der Waals surface area contributed by atoms with E-state index in [0.717, 1.165) is 45.0 Å². The van der Waals surface area contributed by atoms with E-state index < -0.39 is 0 Å². The van der Waals surface area contributed by atoms with Crippen LogP contribution < -0.4 is 15.4 Å². The fourth-order valence-electron chi connectivity index (χ4n) is 2.34. The van der Waals surface area contributed by atoms with Gasteiger partial charge in [-0.15, -0.1) is 0 Å². The van der Waals surface area contributed by atoms with E-state index in [-0.39, 0.29) is 0 Å². The Kier molecular flexibility index (Phi) is 5.63. The SMILES string of the molecule is COc1ccc(C)cc1CCNCC1CNCCO1. The van der Waals surface area contributed by atoms with Gasteiger partial charge in [0.2, 0.25) is 0 Å². The number of hydrogen-bond acceptors (Lipinski definition) is 4. The first-order chi connectivity index (χ1) is 9.29. The van der Waals surface area contributed by atoms with E-state index >= 15 is 0 Å². The molecule has 1 aliphatic heterocycles. The van der Waals surface area contributed by atoms with E-state index in [0.29, 0.717) is 6.10 Å². The summed E-state index contributed by atoms with van der Waals surface area (Å²) in [6.45, 7) is 6.69. The normalized spacial score (nSPS) is 19.4. The zero-order valence-electron chi connectivity index (χ0n) is 11.9. The van der Waals surface area contributed by atoms with Gasteiger partial charge in [0.05, 0.1) is 19.8 Å². The zero-order chi connectivity index (χ0) is 13.5. The van der Waals surface area contributed by atoms with E-state index in [1.165, 1.54) is 11.1 Å². The van der Waals surface area contributed by atoms with Crippen molar-refractivity contribution in [3.8, 4) is 5.75 Å². The first-order valence-corrected chi connectivity index (χ1v) is 6.96. The third kappa shape index (κ3) is 4.49. The van der Waals surface area contributed by atoms with Gasteiger partial charge in [0.1, 0.15) is 5.75 Å². The number of nitrogens with one attached hydrogen (secondary N) is 2. The lowest BCUT2D eigenvalue weighted by Crippen LogP contribution is -2.44. The number of morpholine rings is 1. The van der Waals surface area contributed by atoms with Crippen molar-refractivity contribution in [3.05, 3.63) is 29.3 Å². The van der Waals surface area contributed by atoms with Crippen LogP contribution in [-0.2, 0) is 11.2 Å². The molecule has 1 unspecified atom stereocenters. The van der Waals surface area contributed by atoms with Crippen LogP contribution in [0, 0.1) is 6.92 Å². The lowest BCUT2D eigenvalue weighted by atomic mass is 10.1. The highest BCUT2D eigenvalue weighted by molar-refractivity contribution is 5.37. The van der Waals surface area contributed by atoms with Crippen molar-refractivity contribution < 1.29 is 9.47 Å². The van der Waals surface area contributed by atoms with Gasteiger partial charge in [0, 0.05) is 19.6 Å². The second-order valence-corrected chi connectivity index (χ2v) is 4.97. The molecule has 1 saturated heterocycles. The maximum atomic E-state index is 5.64.